The lowest BCUT2D eigenvalue weighted by molar-refractivity contribution is 0.280. The molecular weight excluding hydrogens is 278 g/mol. The number of aliphatic imine (C=N–C) groups is 1. The van der Waals surface area contributed by atoms with Crippen LogP contribution in [-0.2, 0) is 10.3 Å². The molecule has 0 amide bonds. The predicted octanol–water partition coefficient (Wildman–Crippen LogP) is 3.46. The van der Waals surface area contributed by atoms with Crippen LogP contribution in [0.15, 0.2) is 17.1 Å². The molecule has 0 atom stereocenters. The zero-order valence-electron chi connectivity index (χ0n) is 11.3. The minimum Gasteiger partial charge on any atom is -0.493 e. The van der Waals surface area contributed by atoms with Crippen molar-refractivity contribution in [1.29, 1.82) is 0 Å². The molecule has 2 aliphatic rings. The van der Waals surface area contributed by atoms with E-state index in [1.165, 1.54) is 12.8 Å². The Labute approximate surface area is 122 Å². The number of ether oxygens (including phenoxy) is 2. The molecule has 0 N–H and O–H groups in total. The lowest BCUT2D eigenvalue weighted by Crippen LogP contribution is -2.06. The third-order valence-electron chi connectivity index (χ3n) is 3.91. The van der Waals surface area contributed by atoms with Gasteiger partial charge in [0.2, 0.25) is 6.08 Å². The van der Waals surface area contributed by atoms with E-state index in [-0.39, 0.29) is 0 Å². The molecule has 0 aromatic heterocycles. The first-order valence-corrected chi connectivity index (χ1v) is 7.16. The van der Waals surface area contributed by atoms with Gasteiger partial charge in [-0.2, -0.15) is 4.99 Å². The highest BCUT2D eigenvalue weighted by Crippen LogP contribution is 2.53. The molecule has 0 aliphatic heterocycles. The molecule has 3 rings (SSSR count). The van der Waals surface area contributed by atoms with Crippen molar-refractivity contribution in [3.63, 3.8) is 0 Å². The van der Waals surface area contributed by atoms with Crippen molar-refractivity contribution in [3.8, 4) is 11.5 Å². The Morgan fingerprint density at radius 3 is 2.70 bits per heavy atom. The van der Waals surface area contributed by atoms with Crippen LogP contribution in [0.1, 0.15) is 31.2 Å². The maximum absolute atomic E-state index is 10.6. The van der Waals surface area contributed by atoms with E-state index in [0.717, 1.165) is 18.4 Å². The summed E-state index contributed by atoms with van der Waals surface area (Å²) in [6.45, 7) is 0.698. The monoisotopic (exact) mass is 293 g/mol. The molecule has 1 aromatic rings. The minimum atomic E-state index is -0.499. The molecule has 2 fully saturated rings. The number of isocyanates is 1. The van der Waals surface area contributed by atoms with E-state index in [1.54, 1.807) is 19.3 Å². The highest BCUT2D eigenvalue weighted by atomic mass is 35.5. The standard InChI is InChI=1S/C15H16ClNO3/c1-19-13-6-11(15(4-5-15)17-9-18)12(16)7-14(13)20-8-10-2-3-10/h6-7,10H,2-5,8H2,1H3. The maximum Gasteiger partial charge on any atom is 0.235 e. The summed E-state index contributed by atoms with van der Waals surface area (Å²) in [6.07, 6.45) is 5.72. The van der Waals surface area contributed by atoms with Gasteiger partial charge in [0.15, 0.2) is 11.5 Å². The fraction of sp³-hybridized carbons (Fsp3) is 0.533. The molecule has 0 radical (unpaired) electrons. The third-order valence-corrected chi connectivity index (χ3v) is 4.22. The van der Waals surface area contributed by atoms with Gasteiger partial charge in [-0.25, -0.2) is 4.79 Å². The molecule has 5 heteroatoms. The van der Waals surface area contributed by atoms with Crippen LogP contribution in [0, 0.1) is 5.92 Å². The van der Waals surface area contributed by atoms with E-state index < -0.39 is 5.54 Å². The maximum atomic E-state index is 10.6. The smallest absolute Gasteiger partial charge is 0.235 e. The van der Waals surface area contributed by atoms with Crippen molar-refractivity contribution < 1.29 is 14.3 Å². The topological polar surface area (TPSA) is 47.9 Å². The molecule has 0 spiro atoms. The summed E-state index contributed by atoms with van der Waals surface area (Å²) in [6, 6.07) is 3.59. The highest BCUT2D eigenvalue weighted by molar-refractivity contribution is 6.31. The fourth-order valence-electron chi connectivity index (χ4n) is 2.30. The minimum absolute atomic E-state index is 0.499. The number of carbonyl (C=O) groups excluding carboxylic acids is 1. The van der Waals surface area contributed by atoms with E-state index in [1.807, 2.05) is 6.07 Å². The normalized spacial score (nSPS) is 19.1. The summed E-state index contributed by atoms with van der Waals surface area (Å²) in [7, 11) is 1.60. The number of hydrogen-bond donors (Lipinski definition) is 0. The van der Waals surface area contributed by atoms with Gasteiger partial charge in [-0.3, -0.25) is 0 Å². The summed E-state index contributed by atoms with van der Waals surface area (Å²) >= 11 is 6.32. The zero-order chi connectivity index (χ0) is 14.2. The first kappa shape index (κ1) is 13.5. The Balaban J connectivity index is 1.90. The molecule has 0 bridgehead atoms. The molecule has 106 valence electrons. The van der Waals surface area contributed by atoms with Crippen molar-refractivity contribution in [1.82, 2.24) is 0 Å². The SMILES string of the molecule is COc1cc(C2(N=C=O)CC2)c(Cl)cc1OCC1CC1. The Morgan fingerprint density at radius 2 is 2.15 bits per heavy atom. The zero-order valence-corrected chi connectivity index (χ0v) is 12.1. The van der Waals surface area contributed by atoms with Gasteiger partial charge >= 0.3 is 0 Å². The van der Waals surface area contributed by atoms with E-state index >= 15 is 0 Å². The van der Waals surface area contributed by atoms with E-state index in [2.05, 4.69) is 4.99 Å². The van der Waals surface area contributed by atoms with Gasteiger partial charge in [0.25, 0.3) is 0 Å². The lowest BCUT2D eigenvalue weighted by Gasteiger charge is -2.16. The van der Waals surface area contributed by atoms with Crippen LogP contribution in [0.3, 0.4) is 0 Å². The number of halogens is 1. The van der Waals surface area contributed by atoms with Crippen LogP contribution < -0.4 is 9.47 Å². The van der Waals surface area contributed by atoms with Gasteiger partial charge < -0.3 is 9.47 Å². The predicted molar refractivity (Wildman–Crippen MR) is 75.3 cm³/mol. The highest BCUT2D eigenvalue weighted by Gasteiger charge is 2.46. The fourth-order valence-corrected chi connectivity index (χ4v) is 2.63. The van der Waals surface area contributed by atoms with Crippen LogP contribution >= 0.6 is 11.6 Å². The summed E-state index contributed by atoms with van der Waals surface area (Å²) in [4.78, 5) is 14.5. The summed E-state index contributed by atoms with van der Waals surface area (Å²) in [5.74, 6) is 1.95. The van der Waals surface area contributed by atoms with Crippen molar-refractivity contribution in [3.05, 3.63) is 22.7 Å². The van der Waals surface area contributed by atoms with Crippen LogP contribution in [0.25, 0.3) is 0 Å². The second kappa shape index (κ2) is 5.12. The molecule has 1 aromatic carbocycles. The van der Waals surface area contributed by atoms with Crippen molar-refractivity contribution in [2.24, 2.45) is 10.9 Å². The number of hydrogen-bond acceptors (Lipinski definition) is 4. The molecule has 20 heavy (non-hydrogen) atoms. The van der Waals surface area contributed by atoms with Gasteiger partial charge in [0.1, 0.15) is 0 Å². The van der Waals surface area contributed by atoms with Crippen molar-refractivity contribution in [2.45, 2.75) is 31.2 Å². The van der Waals surface area contributed by atoms with Crippen LogP contribution in [-0.4, -0.2) is 19.8 Å². The first-order chi connectivity index (χ1) is 9.68. The first-order valence-electron chi connectivity index (χ1n) is 6.78. The molecule has 2 saturated carbocycles. The number of rotatable bonds is 6. The van der Waals surface area contributed by atoms with Crippen molar-refractivity contribution in [2.75, 3.05) is 13.7 Å². The molecular formula is C15H16ClNO3. The number of methoxy groups -OCH3 is 1. The average molecular weight is 294 g/mol. The summed E-state index contributed by atoms with van der Waals surface area (Å²) in [5.41, 5.74) is 0.319. The van der Waals surface area contributed by atoms with Crippen molar-refractivity contribution >= 4 is 17.7 Å². The Morgan fingerprint density at radius 1 is 1.40 bits per heavy atom. The average Bonchev–Trinajstić information content (AvgIpc) is 3.32. The van der Waals surface area contributed by atoms with E-state index in [0.29, 0.717) is 29.0 Å². The molecule has 0 unspecified atom stereocenters. The van der Waals surface area contributed by atoms with Gasteiger partial charge in [-0.15, -0.1) is 0 Å². The van der Waals surface area contributed by atoms with Crippen LogP contribution in [0.5, 0.6) is 11.5 Å². The van der Waals surface area contributed by atoms with Gasteiger partial charge in [0.05, 0.1) is 24.3 Å². The second-order valence-corrected chi connectivity index (χ2v) is 5.88. The Hall–Kier alpha value is -1.51. The molecule has 0 saturated heterocycles. The van der Waals surface area contributed by atoms with Gasteiger partial charge in [-0.05, 0) is 37.7 Å². The largest absolute Gasteiger partial charge is 0.493 e. The van der Waals surface area contributed by atoms with E-state index in [4.69, 9.17) is 21.1 Å². The van der Waals surface area contributed by atoms with Crippen LogP contribution in [0.4, 0.5) is 0 Å². The Kier molecular flexibility index (Phi) is 3.45. The molecule has 4 nitrogen and oxygen atoms in total. The summed E-state index contributed by atoms with van der Waals surface area (Å²) in [5, 5.41) is 0.563. The summed E-state index contributed by atoms with van der Waals surface area (Å²) < 4.78 is 11.1. The van der Waals surface area contributed by atoms with E-state index in [9.17, 15) is 4.79 Å². The second-order valence-electron chi connectivity index (χ2n) is 5.47. The van der Waals surface area contributed by atoms with Gasteiger partial charge in [-0.1, -0.05) is 11.6 Å². The third kappa shape index (κ3) is 2.54. The number of nitrogens with zero attached hydrogens (tertiary/aromatic N) is 1. The lowest BCUT2D eigenvalue weighted by atomic mass is 10.0. The quantitative estimate of drug-likeness (QED) is 0.596. The van der Waals surface area contributed by atoms with Gasteiger partial charge in [0, 0.05) is 11.6 Å². The molecule has 0 heterocycles. The molecule has 2 aliphatic carbocycles. The van der Waals surface area contributed by atoms with Crippen LogP contribution in [0.2, 0.25) is 5.02 Å². The number of benzene rings is 1. The Bertz CT molecular complexity index is 573.